The Balaban J connectivity index is 1.42. The summed E-state index contributed by atoms with van der Waals surface area (Å²) in [6.45, 7) is 6.69. The fourth-order valence-corrected chi connectivity index (χ4v) is 4.93. The molecule has 1 atom stereocenters. The fraction of sp³-hybridized carbons (Fsp3) is 0.571. The second-order valence-electron chi connectivity index (χ2n) is 9.68. The minimum atomic E-state index is -1.28. The van der Waals surface area contributed by atoms with Crippen molar-refractivity contribution in [2.24, 2.45) is 0 Å². The van der Waals surface area contributed by atoms with Gasteiger partial charge in [-0.3, -0.25) is 0 Å². The minimum Gasteiger partial charge on any atom is -0.300 e. The van der Waals surface area contributed by atoms with Crippen molar-refractivity contribution in [1.82, 2.24) is 4.90 Å². The first-order chi connectivity index (χ1) is 15.0. The molecule has 2 aromatic rings. The van der Waals surface area contributed by atoms with Gasteiger partial charge in [0.15, 0.2) is 0 Å². The molecule has 2 aromatic carbocycles. The molecular weight excluding hydrogens is 388 g/mol. The summed E-state index contributed by atoms with van der Waals surface area (Å²) in [5.41, 5.74) is 1.27. The van der Waals surface area contributed by atoms with Gasteiger partial charge in [0.1, 0.15) is 11.3 Å². The van der Waals surface area contributed by atoms with Crippen LogP contribution >= 0.6 is 0 Å². The van der Waals surface area contributed by atoms with E-state index in [1.807, 2.05) is 18.2 Å². The van der Waals surface area contributed by atoms with Gasteiger partial charge >= 0.3 is 0 Å². The van der Waals surface area contributed by atoms with Crippen LogP contribution in [0.3, 0.4) is 0 Å². The lowest BCUT2D eigenvalue weighted by Crippen LogP contribution is -2.37. The van der Waals surface area contributed by atoms with E-state index in [0.717, 1.165) is 50.8 Å². The third-order valence-electron chi connectivity index (χ3n) is 7.22. The highest BCUT2D eigenvalue weighted by Gasteiger charge is 2.53. The maximum Gasteiger partial charge on any atom is 0.136 e. The van der Waals surface area contributed by atoms with Crippen LogP contribution in [0.15, 0.2) is 48.5 Å². The first-order valence-electron chi connectivity index (χ1n) is 12.3. The Morgan fingerprint density at radius 1 is 0.806 bits per heavy atom. The molecule has 2 fully saturated rings. The van der Waals surface area contributed by atoms with Gasteiger partial charge in [-0.15, -0.1) is 0 Å². The molecule has 4 rings (SSSR count). The summed E-state index contributed by atoms with van der Waals surface area (Å²) in [5, 5.41) is 0. The van der Waals surface area contributed by atoms with Crippen molar-refractivity contribution in [2.45, 2.75) is 89.0 Å². The van der Waals surface area contributed by atoms with Gasteiger partial charge in [0.25, 0.3) is 0 Å². The zero-order chi connectivity index (χ0) is 21.9. The molecule has 0 aromatic heterocycles. The van der Waals surface area contributed by atoms with E-state index in [1.54, 1.807) is 0 Å². The van der Waals surface area contributed by atoms with Crippen molar-refractivity contribution in [1.29, 1.82) is 0 Å². The van der Waals surface area contributed by atoms with Crippen LogP contribution in [0.2, 0.25) is 0 Å². The van der Waals surface area contributed by atoms with Gasteiger partial charge in [-0.1, -0.05) is 62.4 Å². The molecule has 0 saturated heterocycles. The van der Waals surface area contributed by atoms with E-state index >= 15 is 4.39 Å². The molecular formula is C28H37F2N. The number of hydrogen-bond acceptors (Lipinski definition) is 1. The van der Waals surface area contributed by atoms with Crippen LogP contribution in [0.25, 0.3) is 0 Å². The Morgan fingerprint density at radius 2 is 1.48 bits per heavy atom. The number of nitrogens with zero attached hydrogens (tertiary/aromatic N) is 1. The number of alkyl halides is 2. The molecule has 0 aliphatic heterocycles. The highest BCUT2D eigenvalue weighted by atomic mass is 19.1. The van der Waals surface area contributed by atoms with Crippen LogP contribution in [0.5, 0.6) is 0 Å². The predicted molar refractivity (Wildman–Crippen MR) is 125 cm³/mol. The first-order valence-corrected chi connectivity index (χ1v) is 12.3. The molecule has 1 unspecified atom stereocenters. The lowest BCUT2D eigenvalue weighted by atomic mass is 9.92. The van der Waals surface area contributed by atoms with Crippen LogP contribution in [0.1, 0.15) is 81.0 Å². The van der Waals surface area contributed by atoms with Crippen LogP contribution in [0.4, 0.5) is 8.78 Å². The summed E-state index contributed by atoms with van der Waals surface area (Å²) in [6.07, 6.45) is 7.48. The van der Waals surface area contributed by atoms with E-state index < -0.39 is 11.3 Å². The lowest BCUT2D eigenvalue weighted by Gasteiger charge is -2.31. The maximum atomic E-state index is 15.0. The molecule has 0 heterocycles. The number of halogens is 2. The van der Waals surface area contributed by atoms with Gasteiger partial charge in [-0.05, 0) is 86.6 Å². The van der Waals surface area contributed by atoms with E-state index in [2.05, 4.69) is 49.1 Å². The molecule has 0 amide bonds. The Hall–Kier alpha value is -1.74. The monoisotopic (exact) mass is 425 g/mol. The van der Waals surface area contributed by atoms with Gasteiger partial charge in [0, 0.05) is 12.6 Å². The molecule has 0 bridgehead atoms. The van der Waals surface area contributed by atoms with Crippen molar-refractivity contribution in [2.75, 3.05) is 13.1 Å². The Bertz CT molecular complexity index is 855. The lowest BCUT2D eigenvalue weighted by molar-refractivity contribution is 0.183. The van der Waals surface area contributed by atoms with E-state index in [1.165, 1.54) is 5.56 Å². The summed E-state index contributed by atoms with van der Waals surface area (Å²) in [7, 11) is 0. The zero-order valence-electron chi connectivity index (χ0n) is 19.2. The number of aryl methyl sites for hydroxylation is 1. The Kier molecular flexibility index (Phi) is 6.81. The average molecular weight is 426 g/mol. The van der Waals surface area contributed by atoms with Crippen LogP contribution < -0.4 is 0 Å². The Morgan fingerprint density at radius 3 is 2.10 bits per heavy atom. The minimum absolute atomic E-state index is 0.517. The molecule has 2 saturated carbocycles. The fourth-order valence-electron chi connectivity index (χ4n) is 4.93. The molecule has 0 N–H and O–H groups in total. The second kappa shape index (κ2) is 9.40. The van der Waals surface area contributed by atoms with Crippen LogP contribution in [-0.2, 0) is 24.2 Å². The van der Waals surface area contributed by atoms with E-state index in [0.29, 0.717) is 42.9 Å². The summed E-state index contributed by atoms with van der Waals surface area (Å²) in [5.74, 6) is 0. The maximum absolute atomic E-state index is 15.0. The van der Waals surface area contributed by atoms with Crippen LogP contribution in [-0.4, -0.2) is 24.0 Å². The quantitative estimate of drug-likeness (QED) is 0.346. The largest absolute Gasteiger partial charge is 0.300 e. The topological polar surface area (TPSA) is 3.24 Å². The molecule has 3 heteroatoms. The van der Waals surface area contributed by atoms with Gasteiger partial charge in [0.05, 0.1) is 0 Å². The summed E-state index contributed by atoms with van der Waals surface area (Å²) >= 11 is 0. The van der Waals surface area contributed by atoms with E-state index in [-0.39, 0.29) is 0 Å². The normalized spacial score (nSPS) is 19.4. The third-order valence-corrected chi connectivity index (χ3v) is 7.22. The van der Waals surface area contributed by atoms with Gasteiger partial charge in [-0.2, -0.15) is 0 Å². The van der Waals surface area contributed by atoms with Gasteiger partial charge in [-0.25, -0.2) is 8.78 Å². The second-order valence-corrected chi connectivity index (χ2v) is 9.68. The van der Waals surface area contributed by atoms with E-state index in [4.69, 9.17) is 0 Å². The Labute approximate surface area is 186 Å². The highest BCUT2D eigenvalue weighted by Crippen LogP contribution is 2.58. The van der Waals surface area contributed by atoms with Crippen molar-refractivity contribution < 1.29 is 8.78 Å². The summed E-state index contributed by atoms with van der Waals surface area (Å²) < 4.78 is 29.8. The zero-order valence-corrected chi connectivity index (χ0v) is 19.2. The molecule has 1 nitrogen and oxygen atoms in total. The third kappa shape index (κ3) is 5.37. The van der Waals surface area contributed by atoms with Gasteiger partial charge < -0.3 is 4.90 Å². The number of rotatable bonds is 12. The summed E-state index contributed by atoms with van der Waals surface area (Å²) in [4.78, 5) is 2.63. The van der Waals surface area contributed by atoms with Crippen LogP contribution in [0, 0.1) is 0 Å². The molecule has 0 spiro atoms. The molecule has 2 aliphatic rings. The van der Waals surface area contributed by atoms with Crippen molar-refractivity contribution >= 4 is 0 Å². The van der Waals surface area contributed by atoms with Crippen molar-refractivity contribution in [3.63, 3.8) is 0 Å². The van der Waals surface area contributed by atoms with Gasteiger partial charge in [0.2, 0.25) is 0 Å². The number of hydrogen-bond donors (Lipinski definition) is 0. The SMILES string of the molecule is CCCN(CCc1ccccc1)C(CC)CCc1ccc(C2(F)CC2)c(C2(F)CC2)c1. The van der Waals surface area contributed by atoms with Crippen molar-refractivity contribution in [3.05, 3.63) is 70.8 Å². The predicted octanol–water partition coefficient (Wildman–Crippen LogP) is 7.27. The molecule has 2 aliphatic carbocycles. The molecule has 31 heavy (non-hydrogen) atoms. The summed E-state index contributed by atoms with van der Waals surface area (Å²) in [6, 6.07) is 17.1. The molecule has 0 radical (unpaired) electrons. The first kappa shape index (κ1) is 22.5. The standard InChI is InChI=1S/C28H37F2N/c1-3-19-31(20-14-22-8-6-5-7-9-22)24(4-2)12-10-23-11-13-25(27(29)15-16-27)26(21-23)28(30)17-18-28/h5-9,11,13,21,24H,3-4,10,12,14-20H2,1-2H3. The molecule has 168 valence electrons. The van der Waals surface area contributed by atoms with E-state index in [9.17, 15) is 4.39 Å². The number of benzene rings is 2. The van der Waals surface area contributed by atoms with Crippen molar-refractivity contribution in [3.8, 4) is 0 Å². The smallest absolute Gasteiger partial charge is 0.136 e. The highest BCUT2D eigenvalue weighted by molar-refractivity contribution is 5.44. The average Bonchev–Trinajstić information content (AvgIpc) is 3.72.